The van der Waals surface area contributed by atoms with Gasteiger partial charge in [0.2, 0.25) is 0 Å². The van der Waals surface area contributed by atoms with Gasteiger partial charge in [-0.15, -0.1) is 0 Å². The summed E-state index contributed by atoms with van der Waals surface area (Å²) in [6.45, 7) is 2.59. The molecule has 100 valence electrons. The third-order valence-corrected chi connectivity index (χ3v) is 3.58. The van der Waals surface area contributed by atoms with Crippen LogP contribution in [0.3, 0.4) is 0 Å². The molecule has 0 amide bonds. The fourth-order valence-electron chi connectivity index (χ4n) is 2.59. The van der Waals surface area contributed by atoms with Crippen molar-refractivity contribution in [2.75, 3.05) is 24.5 Å². The highest BCUT2D eigenvalue weighted by Gasteiger charge is 2.22. The van der Waals surface area contributed by atoms with Crippen molar-refractivity contribution in [2.45, 2.75) is 6.04 Å². The molecule has 4 nitrogen and oxygen atoms in total. The second-order valence-corrected chi connectivity index (χ2v) is 4.85. The minimum absolute atomic E-state index is 0.276. The van der Waals surface area contributed by atoms with Gasteiger partial charge in [0.05, 0.1) is 5.56 Å². The lowest BCUT2D eigenvalue weighted by atomic mass is 10.0. The number of benzene rings is 1. The van der Waals surface area contributed by atoms with Gasteiger partial charge in [-0.1, -0.05) is 30.3 Å². The molecule has 1 aliphatic heterocycles. The Kier molecular flexibility index (Phi) is 3.62. The summed E-state index contributed by atoms with van der Waals surface area (Å²) in [4.78, 5) is 6.56. The first-order valence-electron chi connectivity index (χ1n) is 6.77. The molecule has 1 aliphatic rings. The Morgan fingerprint density at radius 3 is 2.85 bits per heavy atom. The summed E-state index contributed by atoms with van der Waals surface area (Å²) in [6, 6.07) is 16.5. The molecule has 0 saturated carbocycles. The second-order valence-electron chi connectivity index (χ2n) is 4.85. The summed E-state index contributed by atoms with van der Waals surface area (Å²) in [5.74, 6) is 0.789. The number of piperazine rings is 1. The maximum absolute atomic E-state index is 9.20. The standard InChI is InChI=1S/C16H16N4/c17-11-14-7-4-8-19-16(14)20-10-9-18-15(12-20)13-5-2-1-3-6-13/h1-8,15,18H,9-10,12H2. The van der Waals surface area contributed by atoms with Crippen molar-refractivity contribution >= 4 is 5.82 Å². The van der Waals surface area contributed by atoms with Crippen LogP contribution in [0.1, 0.15) is 17.2 Å². The Hall–Kier alpha value is -2.38. The van der Waals surface area contributed by atoms with E-state index < -0.39 is 0 Å². The summed E-state index contributed by atoms with van der Waals surface area (Å²) in [5, 5.41) is 12.7. The molecule has 4 heteroatoms. The Bertz CT molecular complexity index is 618. The fourth-order valence-corrected chi connectivity index (χ4v) is 2.59. The van der Waals surface area contributed by atoms with Gasteiger partial charge >= 0.3 is 0 Å². The molecule has 1 fully saturated rings. The van der Waals surface area contributed by atoms with E-state index in [2.05, 4.69) is 45.5 Å². The van der Waals surface area contributed by atoms with Crippen LogP contribution in [-0.2, 0) is 0 Å². The topological polar surface area (TPSA) is 52.0 Å². The van der Waals surface area contributed by atoms with Gasteiger partial charge in [0.15, 0.2) is 0 Å². The number of hydrogen-bond donors (Lipinski definition) is 1. The van der Waals surface area contributed by atoms with Gasteiger partial charge in [-0.25, -0.2) is 4.98 Å². The molecule has 1 atom stereocenters. The van der Waals surface area contributed by atoms with E-state index in [0.29, 0.717) is 5.56 Å². The highest BCUT2D eigenvalue weighted by atomic mass is 15.2. The van der Waals surface area contributed by atoms with Crippen LogP contribution in [0.5, 0.6) is 0 Å². The number of nitriles is 1. The molecule has 20 heavy (non-hydrogen) atoms. The smallest absolute Gasteiger partial charge is 0.146 e. The normalized spacial score (nSPS) is 18.6. The Labute approximate surface area is 118 Å². The van der Waals surface area contributed by atoms with Crippen molar-refractivity contribution < 1.29 is 0 Å². The van der Waals surface area contributed by atoms with Gasteiger partial charge in [-0.3, -0.25) is 0 Å². The molecule has 2 aromatic rings. The molecule has 0 aliphatic carbocycles. The van der Waals surface area contributed by atoms with Gasteiger partial charge in [0.1, 0.15) is 11.9 Å². The van der Waals surface area contributed by atoms with Crippen molar-refractivity contribution in [1.29, 1.82) is 5.26 Å². The largest absolute Gasteiger partial charge is 0.352 e. The molecule has 0 bridgehead atoms. The Morgan fingerprint density at radius 2 is 2.05 bits per heavy atom. The highest BCUT2D eigenvalue weighted by molar-refractivity contribution is 5.54. The third kappa shape index (κ3) is 2.49. The minimum atomic E-state index is 0.276. The first-order chi connectivity index (χ1) is 9.88. The van der Waals surface area contributed by atoms with E-state index in [0.717, 1.165) is 25.5 Å². The van der Waals surface area contributed by atoms with Crippen molar-refractivity contribution in [3.63, 3.8) is 0 Å². The highest BCUT2D eigenvalue weighted by Crippen LogP contribution is 2.23. The maximum atomic E-state index is 9.20. The molecule has 0 radical (unpaired) electrons. The number of hydrogen-bond acceptors (Lipinski definition) is 4. The van der Waals surface area contributed by atoms with Gasteiger partial charge in [-0.2, -0.15) is 5.26 Å². The van der Waals surface area contributed by atoms with E-state index >= 15 is 0 Å². The quantitative estimate of drug-likeness (QED) is 0.902. The zero-order valence-corrected chi connectivity index (χ0v) is 11.2. The van der Waals surface area contributed by atoms with E-state index in [9.17, 15) is 5.26 Å². The summed E-state index contributed by atoms with van der Waals surface area (Å²) in [7, 11) is 0. The van der Waals surface area contributed by atoms with Crippen molar-refractivity contribution in [1.82, 2.24) is 10.3 Å². The molecule has 1 aromatic carbocycles. The zero-order valence-electron chi connectivity index (χ0n) is 11.2. The Balaban J connectivity index is 1.84. The third-order valence-electron chi connectivity index (χ3n) is 3.58. The lowest BCUT2D eigenvalue weighted by Gasteiger charge is -2.35. The van der Waals surface area contributed by atoms with E-state index in [1.807, 2.05) is 12.1 Å². The summed E-state index contributed by atoms with van der Waals surface area (Å²) in [6.07, 6.45) is 1.75. The van der Waals surface area contributed by atoms with Crippen molar-refractivity contribution in [3.8, 4) is 6.07 Å². The Morgan fingerprint density at radius 1 is 1.20 bits per heavy atom. The van der Waals surface area contributed by atoms with Gasteiger partial charge in [0, 0.05) is 31.9 Å². The van der Waals surface area contributed by atoms with Crippen LogP contribution in [0.25, 0.3) is 0 Å². The molecule has 1 aromatic heterocycles. The van der Waals surface area contributed by atoms with Crippen LogP contribution >= 0.6 is 0 Å². The fraction of sp³-hybridized carbons (Fsp3) is 0.250. The van der Waals surface area contributed by atoms with Gasteiger partial charge < -0.3 is 10.2 Å². The average Bonchev–Trinajstić information content (AvgIpc) is 2.56. The lowest BCUT2D eigenvalue weighted by molar-refractivity contribution is 0.469. The first kappa shape index (κ1) is 12.6. The second kappa shape index (κ2) is 5.72. The van der Waals surface area contributed by atoms with Gasteiger partial charge in [0.25, 0.3) is 0 Å². The lowest BCUT2D eigenvalue weighted by Crippen LogP contribution is -2.46. The number of pyridine rings is 1. The predicted octanol–water partition coefficient (Wildman–Crippen LogP) is 2.10. The molecule has 2 heterocycles. The van der Waals surface area contributed by atoms with E-state index in [4.69, 9.17) is 0 Å². The zero-order chi connectivity index (χ0) is 13.8. The molecular weight excluding hydrogens is 248 g/mol. The van der Waals surface area contributed by atoms with Crippen LogP contribution in [0.4, 0.5) is 5.82 Å². The summed E-state index contributed by atoms with van der Waals surface area (Å²) >= 11 is 0. The average molecular weight is 264 g/mol. The molecule has 1 unspecified atom stereocenters. The summed E-state index contributed by atoms with van der Waals surface area (Å²) < 4.78 is 0. The monoisotopic (exact) mass is 264 g/mol. The molecule has 1 N–H and O–H groups in total. The van der Waals surface area contributed by atoms with E-state index in [1.165, 1.54) is 5.56 Å². The number of nitrogens with zero attached hydrogens (tertiary/aromatic N) is 3. The van der Waals surface area contributed by atoms with Crippen LogP contribution in [0, 0.1) is 11.3 Å². The van der Waals surface area contributed by atoms with Crippen molar-refractivity contribution in [2.24, 2.45) is 0 Å². The molecule has 0 spiro atoms. The predicted molar refractivity (Wildman–Crippen MR) is 78.4 cm³/mol. The number of aromatic nitrogens is 1. The SMILES string of the molecule is N#Cc1cccnc1N1CCNC(c2ccccc2)C1. The van der Waals surface area contributed by atoms with Crippen LogP contribution in [-0.4, -0.2) is 24.6 Å². The maximum Gasteiger partial charge on any atom is 0.146 e. The van der Waals surface area contributed by atoms with Crippen LogP contribution < -0.4 is 10.2 Å². The summed E-state index contributed by atoms with van der Waals surface area (Å²) in [5.41, 5.74) is 1.91. The van der Waals surface area contributed by atoms with E-state index in [-0.39, 0.29) is 6.04 Å². The molecule has 1 saturated heterocycles. The number of anilines is 1. The molecular formula is C16H16N4. The first-order valence-corrected chi connectivity index (χ1v) is 6.77. The van der Waals surface area contributed by atoms with Crippen LogP contribution in [0.15, 0.2) is 48.7 Å². The number of rotatable bonds is 2. The molecule has 3 rings (SSSR count). The minimum Gasteiger partial charge on any atom is -0.352 e. The van der Waals surface area contributed by atoms with Crippen LogP contribution in [0.2, 0.25) is 0 Å². The number of nitrogens with one attached hydrogen (secondary N) is 1. The van der Waals surface area contributed by atoms with Crippen molar-refractivity contribution in [3.05, 3.63) is 59.8 Å². The van der Waals surface area contributed by atoms with Gasteiger partial charge in [-0.05, 0) is 17.7 Å². The van der Waals surface area contributed by atoms with E-state index in [1.54, 1.807) is 12.3 Å².